The molecule has 2 aliphatic rings. The first-order chi connectivity index (χ1) is 7.52. The van der Waals surface area contributed by atoms with Gasteiger partial charge in [0.2, 0.25) is 0 Å². The first-order valence-corrected chi connectivity index (χ1v) is 7.03. The molecule has 0 aliphatic carbocycles. The molecule has 0 radical (unpaired) electrons. The zero-order valence-electron chi connectivity index (χ0n) is 9.53. The van der Waals surface area contributed by atoms with Crippen molar-refractivity contribution in [1.29, 1.82) is 0 Å². The van der Waals surface area contributed by atoms with Gasteiger partial charge in [-0.1, -0.05) is 0 Å². The summed E-state index contributed by atoms with van der Waals surface area (Å²) in [7, 11) is -3.36. The van der Waals surface area contributed by atoms with Crippen molar-refractivity contribution < 1.29 is 13.2 Å². The van der Waals surface area contributed by atoms with Crippen molar-refractivity contribution in [2.45, 2.75) is 18.9 Å². The highest BCUT2D eigenvalue weighted by Crippen LogP contribution is 2.19. The second-order valence-corrected chi connectivity index (χ2v) is 6.29. The summed E-state index contributed by atoms with van der Waals surface area (Å²) < 4.78 is 33.6. The minimum atomic E-state index is -3.36. The van der Waals surface area contributed by atoms with Crippen LogP contribution in [0, 0.1) is 0 Å². The van der Waals surface area contributed by atoms with E-state index in [-0.39, 0.29) is 0 Å². The minimum Gasteiger partial charge on any atom is -0.379 e. The molecule has 1 unspecified atom stereocenters. The van der Waals surface area contributed by atoms with Crippen LogP contribution in [-0.4, -0.2) is 57.7 Å². The number of nitrogens with zero attached hydrogens (tertiary/aromatic N) is 1. The van der Waals surface area contributed by atoms with Gasteiger partial charge in [-0.3, -0.25) is 0 Å². The van der Waals surface area contributed by atoms with Crippen molar-refractivity contribution >= 4 is 10.2 Å². The Labute approximate surface area is 96.5 Å². The van der Waals surface area contributed by atoms with Crippen molar-refractivity contribution in [3.8, 4) is 0 Å². The molecule has 7 heteroatoms. The van der Waals surface area contributed by atoms with Crippen LogP contribution in [0.5, 0.6) is 0 Å². The van der Waals surface area contributed by atoms with Crippen LogP contribution in [0.15, 0.2) is 0 Å². The summed E-state index contributed by atoms with van der Waals surface area (Å²) >= 11 is 0. The Morgan fingerprint density at radius 3 is 2.62 bits per heavy atom. The van der Waals surface area contributed by atoms with Crippen LogP contribution >= 0.6 is 0 Å². The SMILES string of the molecule is CC1(NS(=O)(=O)N2CCNCC2)CCOC1. The molecule has 94 valence electrons. The van der Waals surface area contributed by atoms with Crippen LogP contribution < -0.4 is 10.0 Å². The third-order valence-corrected chi connectivity index (χ3v) is 4.81. The molecule has 0 saturated carbocycles. The van der Waals surface area contributed by atoms with E-state index in [1.165, 1.54) is 4.31 Å². The molecule has 2 heterocycles. The van der Waals surface area contributed by atoms with Gasteiger partial charge < -0.3 is 10.1 Å². The lowest BCUT2D eigenvalue weighted by Crippen LogP contribution is -2.56. The maximum atomic E-state index is 12.1. The lowest BCUT2D eigenvalue weighted by atomic mass is 10.0. The van der Waals surface area contributed by atoms with E-state index in [1.807, 2.05) is 6.92 Å². The molecule has 0 aromatic rings. The molecule has 2 fully saturated rings. The van der Waals surface area contributed by atoms with Crippen LogP contribution in [0.4, 0.5) is 0 Å². The highest BCUT2D eigenvalue weighted by atomic mass is 32.2. The normalized spacial score (nSPS) is 33.1. The third-order valence-electron chi connectivity index (χ3n) is 3.01. The average molecular weight is 249 g/mol. The van der Waals surface area contributed by atoms with Crippen molar-refractivity contribution in [2.24, 2.45) is 0 Å². The number of hydrogen-bond acceptors (Lipinski definition) is 4. The highest BCUT2D eigenvalue weighted by molar-refractivity contribution is 7.87. The first-order valence-electron chi connectivity index (χ1n) is 5.59. The fraction of sp³-hybridized carbons (Fsp3) is 1.00. The van der Waals surface area contributed by atoms with E-state index in [1.54, 1.807) is 0 Å². The molecule has 2 saturated heterocycles. The minimum absolute atomic E-state index is 0.441. The van der Waals surface area contributed by atoms with Gasteiger partial charge in [-0.2, -0.15) is 17.4 Å². The van der Waals surface area contributed by atoms with Crippen molar-refractivity contribution in [3.05, 3.63) is 0 Å². The number of nitrogens with one attached hydrogen (secondary N) is 2. The number of hydrogen-bond donors (Lipinski definition) is 2. The highest BCUT2D eigenvalue weighted by Gasteiger charge is 2.36. The maximum Gasteiger partial charge on any atom is 0.280 e. The van der Waals surface area contributed by atoms with Gasteiger partial charge in [0, 0.05) is 32.8 Å². The Balaban J connectivity index is 2.01. The second kappa shape index (κ2) is 4.58. The fourth-order valence-corrected chi connectivity index (χ4v) is 3.58. The lowest BCUT2D eigenvalue weighted by Gasteiger charge is -2.31. The molecular formula is C9H19N3O3S. The van der Waals surface area contributed by atoms with Crippen LogP contribution in [-0.2, 0) is 14.9 Å². The maximum absolute atomic E-state index is 12.1. The topological polar surface area (TPSA) is 70.7 Å². The molecule has 2 N–H and O–H groups in total. The third kappa shape index (κ3) is 2.72. The van der Waals surface area contributed by atoms with Gasteiger partial charge in [0.25, 0.3) is 10.2 Å². The van der Waals surface area contributed by atoms with Crippen LogP contribution in [0.1, 0.15) is 13.3 Å². The van der Waals surface area contributed by atoms with Crippen LogP contribution in [0.25, 0.3) is 0 Å². The molecule has 0 amide bonds. The van der Waals surface area contributed by atoms with E-state index in [0.29, 0.717) is 39.4 Å². The van der Waals surface area contributed by atoms with Crippen molar-refractivity contribution in [3.63, 3.8) is 0 Å². The number of rotatable bonds is 3. The summed E-state index contributed by atoms with van der Waals surface area (Å²) in [6.07, 6.45) is 0.734. The molecule has 0 bridgehead atoms. The predicted molar refractivity (Wildman–Crippen MR) is 60.3 cm³/mol. The van der Waals surface area contributed by atoms with Crippen LogP contribution in [0.3, 0.4) is 0 Å². The van der Waals surface area contributed by atoms with E-state index in [2.05, 4.69) is 10.0 Å². The molecule has 1 atom stereocenters. The van der Waals surface area contributed by atoms with Gasteiger partial charge in [-0.05, 0) is 13.3 Å². The predicted octanol–water partition coefficient (Wildman–Crippen LogP) is -1.09. The Morgan fingerprint density at radius 1 is 1.38 bits per heavy atom. The summed E-state index contributed by atoms with van der Waals surface area (Å²) in [5.41, 5.74) is -0.441. The number of ether oxygens (including phenoxy) is 1. The largest absolute Gasteiger partial charge is 0.379 e. The molecule has 0 spiro atoms. The molecule has 0 aromatic carbocycles. The summed E-state index contributed by atoms with van der Waals surface area (Å²) in [6.45, 7) is 5.47. The van der Waals surface area contributed by atoms with Gasteiger partial charge in [-0.25, -0.2) is 0 Å². The van der Waals surface area contributed by atoms with Crippen molar-refractivity contribution in [2.75, 3.05) is 39.4 Å². The zero-order chi connectivity index (χ0) is 11.6. The Kier molecular flexibility index (Phi) is 3.50. The lowest BCUT2D eigenvalue weighted by molar-refractivity contribution is 0.177. The van der Waals surface area contributed by atoms with E-state index in [4.69, 9.17) is 4.74 Å². The Hall–Kier alpha value is -0.210. The molecule has 0 aromatic heterocycles. The molecule has 2 aliphatic heterocycles. The molecule has 6 nitrogen and oxygen atoms in total. The summed E-state index contributed by atoms with van der Waals surface area (Å²) in [6, 6.07) is 0. The second-order valence-electron chi connectivity index (χ2n) is 4.62. The zero-order valence-corrected chi connectivity index (χ0v) is 10.3. The standard InChI is InChI=1S/C9H19N3O3S/c1-9(2-7-15-8-9)11-16(13,14)12-5-3-10-4-6-12/h10-11H,2-8H2,1H3. The van der Waals surface area contributed by atoms with Gasteiger partial charge in [0.15, 0.2) is 0 Å². The monoisotopic (exact) mass is 249 g/mol. The summed E-state index contributed by atoms with van der Waals surface area (Å²) in [5.74, 6) is 0. The van der Waals surface area contributed by atoms with Gasteiger partial charge in [0.05, 0.1) is 12.1 Å². The fourth-order valence-electron chi connectivity index (χ4n) is 2.01. The first kappa shape index (κ1) is 12.3. The molecule has 16 heavy (non-hydrogen) atoms. The molecular weight excluding hydrogens is 230 g/mol. The van der Waals surface area contributed by atoms with Crippen molar-refractivity contribution in [1.82, 2.24) is 14.3 Å². The summed E-state index contributed by atoms with van der Waals surface area (Å²) in [5, 5.41) is 3.13. The van der Waals surface area contributed by atoms with E-state index < -0.39 is 15.7 Å². The number of piperazine rings is 1. The average Bonchev–Trinajstić information content (AvgIpc) is 2.65. The smallest absolute Gasteiger partial charge is 0.280 e. The van der Waals surface area contributed by atoms with Gasteiger partial charge in [-0.15, -0.1) is 0 Å². The van der Waals surface area contributed by atoms with Crippen LogP contribution in [0.2, 0.25) is 0 Å². The van der Waals surface area contributed by atoms with E-state index in [9.17, 15) is 8.42 Å². The quantitative estimate of drug-likeness (QED) is 0.666. The Bertz CT molecular complexity index is 332. The van der Waals surface area contributed by atoms with E-state index >= 15 is 0 Å². The van der Waals surface area contributed by atoms with Gasteiger partial charge in [0.1, 0.15) is 0 Å². The van der Waals surface area contributed by atoms with E-state index in [0.717, 1.165) is 6.42 Å². The molecule has 2 rings (SSSR count). The van der Waals surface area contributed by atoms with Gasteiger partial charge >= 0.3 is 0 Å². The summed E-state index contributed by atoms with van der Waals surface area (Å²) in [4.78, 5) is 0. The Morgan fingerprint density at radius 2 is 2.06 bits per heavy atom.